The van der Waals surface area contributed by atoms with Crippen LogP contribution in [0.15, 0.2) is 30.3 Å². The van der Waals surface area contributed by atoms with Crippen LogP contribution in [0.5, 0.6) is 0 Å². The van der Waals surface area contributed by atoms with E-state index in [1.165, 1.54) is 0 Å². The molecule has 4 nitrogen and oxygen atoms in total. The van der Waals surface area contributed by atoms with Crippen LogP contribution in [0.4, 0.5) is 5.69 Å². The van der Waals surface area contributed by atoms with Crippen LogP contribution < -0.4 is 10.6 Å². The number of amides is 1. The molecule has 0 spiro atoms. The molecule has 1 aliphatic heterocycles. The van der Waals surface area contributed by atoms with Gasteiger partial charge in [0.1, 0.15) is 0 Å². The van der Waals surface area contributed by atoms with Crippen molar-refractivity contribution in [3.63, 3.8) is 0 Å². The molecule has 1 heterocycles. The maximum absolute atomic E-state index is 11.9. The molecule has 1 unspecified atom stereocenters. The Morgan fingerprint density at radius 2 is 2.00 bits per heavy atom. The molecular formula is C15H22N2O2. The Hall–Kier alpha value is -1.55. The van der Waals surface area contributed by atoms with E-state index in [2.05, 4.69) is 17.6 Å². The Morgan fingerprint density at radius 3 is 2.68 bits per heavy atom. The number of anilines is 1. The number of hydrogen-bond donors (Lipinski definition) is 2. The Kier molecular flexibility index (Phi) is 5.21. The highest BCUT2D eigenvalue weighted by atomic mass is 16.5. The summed E-state index contributed by atoms with van der Waals surface area (Å²) in [6, 6.07) is 9.98. The van der Waals surface area contributed by atoms with Gasteiger partial charge in [0.25, 0.3) is 0 Å². The van der Waals surface area contributed by atoms with E-state index in [0.717, 1.165) is 31.7 Å². The van der Waals surface area contributed by atoms with Crippen molar-refractivity contribution >= 4 is 11.6 Å². The predicted octanol–water partition coefficient (Wildman–Crippen LogP) is 2.03. The highest BCUT2D eigenvalue weighted by Gasteiger charge is 2.21. The number of nitrogens with one attached hydrogen (secondary N) is 2. The van der Waals surface area contributed by atoms with Gasteiger partial charge in [-0.15, -0.1) is 0 Å². The molecule has 2 N–H and O–H groups in total. The van der Waals surface area contributed by atoms with Crippen molar-refractivity contribution in [2.75, 3.05) is 25.1 Å². The molecule has 0 aliphatic carbocycles. The van der Waals surface area contributed by atoms with Gasteiger partial charge < -0.3 is 15.4 Å². The lowest BCUT2D eigenvalue weighted by molar-refractivity contribution is -0.120. The summed E-state index contributed by atoms with van der Waals surface area (Å²) < 4.78 is 5.34. The van der Waals surface area contributed by atoms with E-state index in [1.807, 2.05) is 30.3 Å². The highest BCUT2D eigenvalue weighted by Crippen LogP contribution is 2.18. The van der Waals surface area contributed by atoms with E-state index in [0.29, 0.717) is 12.5 Å². The van der Waals surface area contributed by atoms with Crippen molar-refractivity contribution < 1.29 is 9.53 Å². The first kappa shape index (κ1) is 13.9. The Labute approximate surface area is 114 Å². The zero-order chi connectivity index (χ0) is 13.5. The molecule has 2 rings (SSSR count). The van der Waals surface area contributed by atoms with E-state index >= 15 is 0 Å². The SMILES string of the molecule is CC(NC(=O)CNc1ccccc1)C1CCOCC1. The zero-order valence-electron chi connectivity index (χ0n) is 11.4. The van der Waals surface area contributed by atoms with Gasteiger partial charge in [-0.1, -0.05) is 18.2 Å². The highest BCUT2D eigenvalue weighted by molar-refractivity contribution is 5.80. The predicted molar refractivity (Wildman–Crippen MR) is 76.1 cm³/mol. The van der Waals surface area contributed by atoms with Crippen LogP contribution in [0, 0.1) is 5.92 Å². The first-order valence-corrected chi connectivity index (χ1v) is 6.92. The molecule has 1 saturated heterocycles. The maximum Gasteiger partial charge on any atom is 0.239 e. The fraction of sp³-hybridized carbons (Fsp3) is 0.533. The summed E-state index contributed by atoms with van der Waals surface area (Å²) in [5, 5.41) is 6.18. The molecule has 1 atom stereocenters. The van der Waals surface area contributed by atoms with E-state index in [9.17, 15) is 4.79 Å². The molecule has 1 aromatic carbocycles. The quantitative estimate of drug-likeness (QED) is 0.853. The van der Waals surface area contributed by atoms with Crippen LogP contribution in [-0.4, -0.2) is 31.7 Å². The number of rotatable bonds is 5. The van der Waals surface area contributed by atoms with Crippen LogP contribution in [0.25, 0.3) is 0 Å². The third-order valence-corrected chi connectivity index (χ3v) is 3.59. The second-order valence-corrected chi connectivity index (χ2v) is 5.03. The average molecular weight is 262 g/mol. The second-order valence-electron chi connectivity index (χ2n) is 5.03. The van der Waals surface area contributed by atoms with Gasteiger partial charge in [-0.2, -0.15) is 0 Å². The standard InChI is InChI=1S/C15H22N2O2/c1-12(13-7-9-19-10-8-13)17-15(18)11-16-14-5-3-2-4-6-14/h2-6,12-13,16H,7-11H2,1H3,(H,17,18). The van der Waals surface area contributed by atoms with E-state index in [1.54, 1.807) is 0 Å². The minimum absolute atomic E-state index is 0.0443. The van der Waals surface area contributed by atoms with Crippen molar-refractivity contribution in [1.29, 1.82) is 0 Å². The largest absolute Gasteiger partial charge is 0.381 e. The molecule has 1 aromatic rings. The fourth-order valence-corrected chi connectivity index (χ4v) is 2.38. The van der Waals surface area contributed by atoms with Gasteiger partial charge in [0.05, 0.1) is 6.54 Å². The molecule has 0 bridgehead atoms. The summed E-state index contributed by atoms with van der Waals surface area (Å²) in [6.45, 7) is 4.02. The zero-order valence-corrected chi connectivity index (χ0v) is 11.4. The Balaban J connectivity index is 1.71. The van der Waals surface area contributed by atoms with E-state index < -0.39 is 0 Å². The number of hydrogen-bond acceptors (Lipinski definition) is 3. The number of ether oxygens (including phenoxy) is 1. The normalized spacial score (nSPS) is 17.7. The second kappa shape index (κ2) is 7.14. The Morgan fingerprint density at radius 1 is 1.32 bits per heavy atom. The molecule has 104 valence electrons. The van der Waals surface area contributed by atoms with Crippen molar-refractivity contribution in [3.05, 3.63) is 30.3 Å². The van der Waals surface area contributed by atoms with E-state index in [-0.39, 0.29) is 11.9 Å². The molecular weight excluding hydrogens is 240 g/mol. The van der Waals surface area contributed by atoms with Crippen molar-refractivity contribution in [2.24, 2.45) is 5.92 Å². The number of carbonyl (C=O) groups is 1. The first-order valence-electron chi connectivity index (χ1n) is 6.92. The van der Waals surface area contributed by atoms with Crippen LogP contribution in [0.3, 0.4) is 0 Å². The molecule has 0 saturated carbocycles. The summed E-state index contributed by atoms with van der Waals surface area (Å²) in [6.07, 6.45) is 2.07. The smallest absolute Gasteiger partial charge is 0.239 e. The molecule has 1 amide bonds. The summed E-state index contributed by atoms with van der Waals surface area (Å²) in [5.74, 6) is 0.581. The van der Waals surface area contributed by atoms with E-state index in [4.69, 9.17) is 4.74 Å². The van der Waals surface area contributed by atoms with Gasteiger partial charge in [0.15, 0.2) is 0 Å². The summed E-state index contributed by atoms with van der Waals surface area (Å²) in [5.41, 5.74) is 0.969. The molecule has 1 aliphatic rings. The van der Waals surface area contributed by atoms with Gasteiger partial charge in [-0.3, -0.25) is 4.79 Å². The monoisotopic (exact) mass is 262 g/mol. The lowest BCUT2D eigenvalue weighted by atomic mass is 9.93. The van der Waals surface area contributed by atoms with Gasteiger partial charge in [-0.05, 0) is 37.8 Å². The van der Waals surface area contributed by atoms with Gasteiger partial charge in [0.2, 0.25) is 5.91 Å². The fourth-order valence-electron chi connectivity index (χ4n) is 2.38. The summed E-state index contributed by atoms with van der Waals surface area (Å²) >= 11 is 0. The minimum Gasteiger partial charge on any atom is -0.381 e. The van der Waals surface area contributed by atoms with Crippen LogP contribution in [-0.2, 0) is 9.53 Å². The molecule has 19 heavy (non-hydrogen) atoms. The lowest BCUT2D eigenvalue weighted by Crippen LogP contribution is -2.42. The van der Waals surface area contributed by atoms with Crippen molar-refractivity contribution in [1.82, 2.24) is 5.32 Å². The average Bonchev–Trinajstić information content (AvgIpc) is 2.47. The van der Waals surface area contributed by atoms with Crippen molar-refractivity contribution in [3.8, 4) is 0 Å². The van der Waals surface area contributed by atoms with Crippen LogP contribution in [0.1, 0.15) is 19.8 Å². The topological polar surface area (TPSA) is 50.4 Å². The molecule has 0 radical (unpaired) electrons. The summed E-state index contributed by atoms with van der Waals surface area (Å²) in [4.78, 5) is 11.9. The molecule has 1 fully saturated rings. The van der Waals surface area contributed by atoms with Gasteiger partial charge in [0, 0.05) is 24.9 Å². The molecule has 4 heteroatoms. The summed E-state index contributed by atoms with van der Waals surface area (Å²) in [7, 11) is 0. The third-order valence-electron chi connectivity index (χ3n) is 3.59. The van der Waals surface area contributed by atoms with Crippen LogP contribution >= 0.6 is 0 Å². The van der Waals surface area contributed by atoms with Gasteiger partial charge in [-0.25, -0.2) is 0 Å². The first-order chi connectivity index (χ1) is 9.25. The number of benzene rings is 1. The lowest BCUT2D eigenvalue weighted by Gasteiger charge is -2.28. The number of carbonyl (C=O) groups excluding carboxylic acids is 1. The Bertz CT molecular complexity index is 388. The minimum atomic E-state index is 0.0443. The molecule has 0 aromatic heterocycles. The number of para-hydroxylation sites is 1. The maximum atomic E-state index is 11.9. The van der Waals surface area contributed by atoms with Crippen molar-refractivity contribution in [2.45, 2.75) is 25.8 Å². The third kappa shape index (κ3) is 4.56. The van der Waals surface area contributed by atoms with Crippen LogP contribution in [0.2, 0.25) is 0 Å². The van der Waals surface area contributed by atoms with Gasteiger partial charge >= 0.3 is 0 Å².